The van der Waals surface area contributed by atoms with E-state index in [4.69, 9.17) is 0 Å². The van der Waals surface area contributed by atoms with Crippen LogP contribution in [-0.2, 0) is 20.0 Å². The lowest BCUT2D eigenvalue weighted by atomic mass is 10.1. The Kier molecular flexibility index (Phi) is 7.86. The molecule has 0 fully saturated rings. The number of nitrogens with one attached hydrogen (secondary N) is 2. The van der Waals surface area contributed by atoms with Crippen LogP contribution in [0.15, 0.2) is 41.7 Å². The van der Waals surface area contributed by atoms with Gasteiger partial charge in [-0.3, -0.25) is 9.67 Å². The molecular weight excluding hydrogens is 396 g/mol. The topological polar surface area (TPSA) is 54.2 Å². The number of aryl methyl sites for hydroxylation is 1. The third-order valence-electron chi connectivity index (χ3n) is 3.04. The highest BCUT2D eigenvalue weighted by Gasteiger charge is 2.00. The Morgan fingerprint density at radius 3 is 2.77 bits per heavy atom. The van der Waals surface area contributed by atoms with Crippen LogP contribution in [0.2, 0.25) is 0 Å². The molecule has 0 radical (unpaired) electrons. The van der Waals surface area contributed by atoms with E-state index in [0.717, 1.165) is 23.5 Å². The average molecular weight is 417 g/mol. The highest BCUT2D eigenvalue weighted by molar-refractivity contribution is 14.0. The SMILES string of the molecule is CN=C(NCCc1cccc(F)c1)NCc1cnn(C)c1.I. The standard InChI is InChI=1S/C15H20FN5.HI/c1-17-15(19-9-13-10-20-21(2)11-13)18-7-6-12-4-3-5-14(16)8-12;/h3-5,8,10-11H,6-7,9H2,1-2H3,(H2,17,18,19);1H. The van der Waals surface area contributed by atoms with Crippen LogP contribution in [0.3, 0.4) is 0 Å². The molecule has 2 N–H and O–H groups in total. The van der Waals surface area contributed by atoms with Gasteiger partial charge in [-0.1, -0.05) is 12.1 Å². The van der Waals surface area contributed by atoms with Crippen LogP contribution in [0, 0.1) is 5.82 Å². The van der Waals surface area contributed by atoms with Gasteiger partial charge < -0.3 is 10.6 Å². The van der Waals surface area contributed by atoms with Gasteiger partial charge in [0.2, 0.25) is 0 Å². The van der Waals surface area contributed by atoms with E-state index in [1.165, 1.54) is 6.07 Å². The number of guanidine groups is 1. The maximum absolute atomic E-state index is 13.1. The van der Waals surface area contributed by atoms with E-state index >= 15 is 0 Å². The van der Waals surface area contributed by atoms with Crippen molar-refractivity contribution in [2.45, 2.75) is 13.0 Å². The Hall–Kier alpha value is -1.64. The molecule has 0 atom stereocenters. The average Bonchev–Trinajstić information content (AvgIpc) is 2.88. The fourth-order valence-corrected chi connectivity index (χ4v) is 1.99. The molecule has 0 aliphatic carbocycles. The third-order valence-corrected chi connectivity index (χ3v) is 3.04. The normalized spacial score (nSPS) is 11.0. The van der Waals surface area contributed by atoms with Crippen LogP contribution in [0.25, 0.3) is 0 Å². The van der Waals surface area contributed by atoms with E-state index in [0.29, 0.717) is 13.1 Å². The summed E-state index contributed by atoms with van der Waals surface area (Å²) >= 11 is 0. The summed E-state index contributed by atoms with van der Waals surface area (Å²) in [5.41, 5.74) is 2.05. The minimum atomic E-state index is -0.202. The minimum absolute atomic E-state index is 0. The van der Waals surface area contributed by atoms with E-state index in [1.54, 1.807) is 23.9 Å². The number of nitrogens with zero attached hydrogens (tertiary/aromatic N) is 3. The second-order valence-electron chi connectivity index (χ2n) is 4.75. The first kappa shape index (κ1) is 18.4. The van der Waals surface area contributed by atoms with Crippen LogP contribution in [0.5, 0.6) is 0 Å². The molecule has 1 aromatic heterocycles. The van der Waals surface area contributed by atoms with E-state index in [2.05, 4.69) is 20.7 Å². The predicted molar refractivity (Wildman–Crippen MR) is 96.9 cm³/mol. The molecule has 120 valence electrons. The lowest BCUT2D eigenvalue weighted by Gasteiger charge is -2.11. The maximum atomic E-state index is 13.1. The smallest absolute Gasteiger partial charge is 0.191 e. The van der Waals surface area contributed by atoms with Crippen molar-refractivity contribution < 1.29 is 4.39 Å². The van der Waals surface area contributed by atoms with Gasteiger partial charge in [-0.15, -0.1) is 24.0 Å². The van der Waals surface area contributed by atoms with E-state index in [9.17, 15) is 4.39 Å². The lowest BCUT2D eigenvalue weighted by Crippen LogP contribution is -2.37. The van der Waals surface area contributed by atoms with Crippen LogP contribution >= 0.6 is 24.0 Å². The Morgan fingerprint density at radius 2 is 2.14 bits per heavy atom. The largest absolute Gasteiger partial charge is 0.356 e. The monoisotopic (exact) mass is 417 g/mol. The Labute approximate surface area is 147 Å². The molecule has 0 unspecified atom stereocenters. The van der Waals surface area contributed by atoms with Crippen molar-refractivity contribution in [3.63, 3.8) is 0 Å². The molecule has 0 amide bonds. The molecule has 0 aliphatic heterocycles. The first-order valence-electron chi connectivity index (χ1n) is 6.84. The number of benzene rings is 1. The zero-order valence-corrected chi connectivity index (χ0v) is 15.0. The molecule has 0 saturated carbocycles. The van der Waals surface area contributed by atoms with Gasteiger partial charge in [0, 0.05) is 38.9 Å². The van der Waals surface area contributed by atoms with E-state index < -0.39 is 0 Å². The second kappa shape index (κ2) is 9.39. The van der Waals surface area contributed by atoms with Crippen molar-refractivity contribution >= 4 is 29.9 Å². The summed E-state index contributed by atoms with van der Waals surface area (Å²) in [6.45, 7) is 1.35. The predicted octanol–water partition coefficient (Wildman–Crippen LogP) is 2.08. The highest BCUT2D eigenvalue weighted by Crippen LogP contribution is 2.03. The van der Waals surface area contributed by atoms with Gasteiger partial charge in [0.1, 0.15) is 5.82 Å². The fraction of sp³-hybridized carbons (Fsp3) is 0.333. The Balaban J connectivity index is 0.00000242. The molecule has 5 nitrogen and oxygen atoms in total. The number of halogens is 2. The summed E-state index contributed by atoms with van der Waals surface area (Å²) in [5.74, 6) is 0.516. The van der Waals surface area contributed by atoms with Crippen molar-refractivity contribution in [1.29, 1.82) is 0 Å². The van der Waals surface area contributed by atoms with Gasteiger partial charge in [0.05, 0.1) is 6.20 Å². The summed E-state index contributed by atoms with van der Waals surface area (Å²) in [6.07, 6.45) is 4.51. The summed E-state index contributed by atoms with van der Waals surface area (Å²) in [7, 11) is 3.61. The van der Waals surface area contributed by atoms with E-state index in [-0.39, 0.29) is 29.8 Å². The molecule has 1 aromatic carbocycles. The number of aliphatic imine (C=N–C) groups is 1. The van der Waals surface area contributed by atoms with Crippen LogP contribution in [-0.4, -0.2) is 29.3 Å². The number of hydrogen-bond acceptors (Lipinski definition) is 2. The van der Waals surface area contributed by atoms with Crippen molar-refractivity contribution in [3.05, 3.63) is 53.6 Å². The molecule has 0 bridgehead atoms. The summed E-state index contributed by atoms with van der Waals surface area (Å²) in [5, 5.41) is 10.5. The van der Waals surface area contributed by atoms with Crippen molar-refractivity contribution in [2.24, 2.45) is 12.0 Å². The first-order valence-corrected chi connectivity index (χ1v) is 6.84. The summed E-state index contributed by atoms with van der Waals surface area (Å²) in [6, 6.07) is 6.63. The zero-order valence-electron chi connectivity index (χ0n) is 12.7. The third kappa shape index (κ3) is 6.00. The Morgan fingerprint density at radius 1 is 1.32 bits per heavy atom. The van der Waals surface area contributed by atoms with Crippen molar-refractivity contribution in [2.75, 3.05) is 13.6 Å². The van der Waals surface area contributed by atoms with Gasteiger partial charge in [-0.2, -0.15) is 5.10 Å². The van der Waals surface area contributed by atoms with Gasteiger partial charge in [-0.25, -0.2) is 4.39 Å². The zero-order chi connectivity index (χ0) is 15.1. The van der Waals surface area contributed by atoms with Crippen molar-refractivity contribution in [1.82, 2.24) is 20.4 Å². The molecule has 2 rings (SSSR count). The quantitative estimate of drug-likeness (QED) is 0.445. The minimum Gasteiger partial charge on any atom is -0.356 e. The first-order chi connectivity index (χ1) is 10.2. The molecule has 0 spiro atoms. The molecular formula is C15H21FIN5. The van der Waals surface area contributed by atoms with Crippen molar-refractivity contribution in [3.8, 4) is 0 Å². The number of hydrogen-bond donors (Lipinski definition) is 2. The lowest BCUT2D eigenvalue weighted by molar-refractivity contribution is 0.625. The maximum Gasteiger partial charge on any atom is 0.191 e. The Bertz CT molecular complexity index is 611. The van der Waals surface area contributed by atoms with Gasteiger partial charge >= 0.3 is 0 Å². The molecule has 0 saturated heterocycles. The van der Waals surface area contributed by atoms with Gasteiger partial charge in [0.15, 0.2) is 5.96 Å². The summed E-state index contributed by atoms with van der Waals surface area (Å²) < 4.78 is 14.8. The highest BCUT2D eigenvalue weighted by atomic mass is 127. The van der Waals surface area contributed by atoms with Crippen LogP contribution < -0.4 is 10.6 Å². The van der Waals surface area contributed by atoms with Crippen LogP contribution in [0.1, 0.15) is 11.1 Å². The second-order valence-corrected chi connectivity index (χ2v) is 4.75. The van der Waals surface area contributed by atoms with Crippen LogP contribution in [0.4, 0.5) is 4.39 Å². The van der Waals surface area contributed by atoms with E-state index in [1.807, 2.05) is 25.5 Å². The molecule has 2 aromatic rings. The van der Waals surface area contributed by atoms with Gasteiger partial charge in [0.25, 0.3) is 0 Å². The number of aromatic nitrogens is 2. The number of rotatable bonds is 5. The molecule has 0 aliphatic rings. The molecule has 7 heteroatoms. The summed E-state index contributed by atoms with van der Waals surface area (Å²) in [4.78, 5) is 4.15. The van der Waals surface area contributed by atoms with Gasteiger partial charge in [-0.05, 0) is 24.1 Å². The molecule has 22 heavy (non-hydrogen) atoms. The molecule has 1 heterocycles. The fourth-order valence-electron chi connectivity index (χ4n) is 1.99.